The van der Waals surface area contributed by atoms with Gasteiger partial charge < -0.3 is 19.3 Å². The smallest absolute Gasteiger partial charge is 0.253 e. The molecule has 0 radical (unpaired) electrons. The summed E-state index contributed by atoms with van der Waals surface area (Å²) in [6.45, 7) is 3.21. The number of hydrogen-bond acceptors (Lipinski definition) is 4. The lowest BCUT2D eigenvalue weighted by atomic mass is 9.73. The van der Waals surface area contributed by atoms with Gasteiger partial charge in [-0.15, -0.1) is 0 Å². The molecule has 6 nitrogen and oxygen atoms in total. The van der Waals surface area contributed by atoms with E-state index in [2.05, 4.69) is 12.1 Å². The second-order valence-electron chi connectivity index (χ2n) is 9.49. The number of likely N-dealkylation sites (tertiary alicyclic amines) is 1. The minimum absolute atomic E-state index is 0.00533. The molecule has 3 saturated heterocycles. The van der Waals surface area contributed by atoms with Crippen molar-refractivity contribution in [3.63, 3.8) is 0 Å². The molecule has 2 aromatic carbocycles. The van der Waals surface area contributed by atoms with Gasteiger partial charge in [0.05, 0.1) is 17.6 Å². The van der Waals surface area contributed by atoms with Crippen LogP contribution in [0.5, 0.6) is 0 Å². The summed E-state index contributed by atoms with van der Waals surface area (Å²) in [5.74, 6) is 0.204. The highest BCUT2D eigenvalue weighted by atomic mass is 16.5. The molecule has 0 aliphatic carbocycles. The Labute approximate surface area is 195 Å². The van der Waals surface area contributed by atoms with Crippen molar-refractivity contribution in [2.45, 2.75) is 43.1 Å². The van der Waals surface area contributed by atoms with Crippen LogP contribution in [0.15, 0.2) is 60.7 Å². The van der Waals surface area contributed by atoms with Gasteiger partial charge in [-0.3, -0.25) is 9.59 Å². The number of rotatable bonds is 3. The standard InChI is InChI=1S/C27H32N2O4/c30-24-20-33-26(21-29(24)23-10-5-2-6-11-23)12-7-16-28(17-13-26)25(31)27(14-18-32-19-15-27)22-8-3-1-4-9-22/h1-6,8-11H,7,12-21H2. The van der Waals surface area contributed by atoms with Gasteiger partial charge >= 0.3 is 0 Å². The number of ether oxygens (including phenoxy) is 2. The predicted octanol–water partition coefficient (Wildman–Crippen LogP) is 3.55. The molecule has 5 rings (SSSR count). The fourth-order valence-electron chi connectivity index (χ4n) is 5.64. The van der Waals surface area contributed by atoms with E-state index in [-0.39, 0.29) is 18.4 Å². The van der Waals surface area contributed by atoms with Gasteiger partial charge in [0.2, 0.25) is 5.91 Å². The van der Waals surface area contributed by atoms with E-state index in [1.807, 2.05) is 58.3 Å². The number of morpholine rings is 1. The summed E-state index contributed by atoms with van der Waals surface area (Å²) in [4.78, 5) is 30.5. The number of anilines is 1. The Hall–Kier alpha value is -2.70. The Balaban J connectivity index is 1.34. The average Bonchev–Trinajstić information content (AvgIpc) is 3.09. The fraction of sp³-hybridized carbons (Fsp3) is 0.481. The SMILES string of the molecule is O=C1COC2(CCCN(C(=O)C3(c4ccccc4)CCOCC3)CC2)CN1c1ccccc1. The van der Waals surface area contributed by atoms with Gasteiger partial charge in [-0.25, -0.2) is 0 Å². The molecule has 6 heteroatoms. The number of hydrogen-bond donors (Lipinski definition) is 0. The quantitative estimate of drug-likeness (QED) is 0.721. The lowest BCUT2D eigenvalue weighted by Gasteiger charge is -2.42. The fourth-order valence-corrected chi connectivity index (χ4v) is 5.64. The van der Waals surface area contributed by atoms with Crippen molar-refractivity contribution in [2.75, 3.05) is 44.4 Å². The molecule has 0 N–H and O–H groups in total. The summed E-state index contributed by atoms with van der Waals surface area (Å²) in [5.41, 5.74) is 1.07. The van der Waals surface area contributed by atoms with Crippen LogP contribution in [0.1, 0.15) is 37.7 Å². The van der Waals surface area contributed by atoms with E-state index in [1.165, 1.54) is 0 Å². The zero-order valence-electron chi connectivity index (χ0n) is 19.1. The highest BCUT2D eigenvalue weighted by Crippen LogP contribution is 2.39. The highest BCUT2D eigenvalue weighted by Gasteiger charge is 2.47. The van der Waals surface area contributed by atoms with Crippen LogP contribution in [0.3, 0.4) is 0 Å². The Kier molecular flexibility index (Phi) is 6.21. The van der Waals surface area contributed by atoms with Crippen LogP contribution < -0.4 is 4.90 Å². The predicted molar refractivity (Wildman–Crippen MR) is 126 cm³/mol. The second-order valence-corrected chi connectivity index (χ2v) is 9.49. The molecular formula is C27H32N2O4. The Morgan fingerprint density at radius 1 is 0.848 bits per heavy atom. The third-order valence-corrected chi connectivity index (χ3v) is 7.58. The van der Waals surface area contributed by atoms with E-state index >= 15 is 0 Å². The van der Waals surface area contributed by atoms with Crippen molar-refractivity contribution in [3.8, 4) is 0 Å². The minimum Gasteiger partial charge on any atom is -0.381 e. The first kappa shape index (κ1) is 22.1. The van der Waals surface area contributed by atoms with Crippen LogP contribution >= 0.6 is 0 Å². The topological polar surface area (TPSA) is 59.1 Å². The van der Waals surface area contributed by atoms with E-state index in [0.717, 1.165) is 37.1 Å². The molecule has 0 saturated carbocycles. The van der Waals surface area contributed by atoms with Gasteiger partial charge in [0.15, 0.2) is 0 Å². The Bertz CT molecular complexity index is 974. The van der Waals surface area contributed by atoms with Crippen LogP contribution in [0.25, 0.3) is 0 Å². The molecule has 3 aliphatic rings. The number of para-hydroxylation sites is 1. The van der Waals surface area contributed by atoms with E-state index in [1.54, 1.807) is 0 Å². The third kappa shape index (κ3) is 4.30. The lowest BCUT2D eigenvalue weighted by molar-refractivity contribution is -0.144. The molecular weight excluding hydrogens is 416 g/mol. The van der Waals surface area contributed by atoms with E-state index in [9.17, 15) is 9.59 Å². The number of carbonyl (C=O) groups excluding carboxylic acids is 2. The highest BCUT2D eigenvalue weighted by molar-refractivity contribution is 5.95. The second kappa shape index (κ2) is 9.27. The molecule has 3 heterocycles. The van der Waals surface area contributed by atoms with E-state index < -0.39 is 11.0 Å². The van der Waals surface area contributed by atoms with Gasteiger partial charge in [-0.05, 0) is 49.8 Å². The van der Waals surface area contributed by atoms with Gasteiger partial charge in [0.25, 0.3) is 5.91 Å². The maximum absolute atomic E-state index is 14.0. The largest absolute Gasteiger partial charge is 0.381 e. The van der Waals surface area contributed by atoms with Crippen LogP contribution in [-0.4, -0.2) is 61.8 Å². The first-order valence-electron chi connectivity index (χ1n) is 12.0. The molecule has 1 unspecified atom stereocenters. The van der Waals surface area contributed by atoms with E-state index in [0.29, 0.717) is 39.1 Å². The minimum atomic E-state index is -0.517. The first-order chi connectivity index (χ1) is 16.1. The average molecular weight is 449 g/mol. The molecule has 3 aliphatic heterocycles. The van der Waals surface area contributed by atoms with Crippen LogP contribution in [0, 0.1) is 0 Å². The van der Waals surface area contributed by atoms with Crippen LogP contribution in [0.2, 0.25) is 0 Å². The molecule has 0 aromatic heterocycles. The zero-order valence-corrected chi connectivity index (χ0v) is 19.1. The maximum Gasteiger partial charge on any atom is 0.253 e. The zero-order chi connectivity index (χ0) is 22.7. The molecule has 1 spiro atoms. The monoisotopic (exact) mass is 448 g/mol. The Morgan fingerprint density at radius 2 is 1.55 bits per heavy atom. The summed E-state index contributed by atoms with van der Waals surface area (Å²) in [5, 5.41) is 0. The lowest BCUT2D eigenvalue weighted by Crippen LogP contribution is -2.55. The number of benzene rings is 2. The molecule has 2 aromatic rings. The summed E-state index contributed by atoms with van der Waals surface area (Å²) in [7, 11) is 0. The first-order valence-corrected chi connectivity index (χ1v) is 12.0. The summed E-state index contributed by atoms with van der Waals surface area (Å²) in [6, 6.07) is 20.0. The van der Waals surface area contributed by atoms with Gasteiger partial charge in [-0.2, -0.15) is 0 Å². The number of carbonyl (C=O) groups is 2. The van der Waals surface area contributed by atoms with Crippen molar-refractivity contribution in [1.82, 2.24) is 4.90 Å². The Morgan fingerprint density at radius 3 is 2.27 bits per heavy atom. The van der Waals surface area contributed by atoms with Crippen molar-refractivity contribution in [3.05, 3.63) is 66.2 Å². The van der Waals surface area contributed by atoms with Gasteiger partial charge in [0, 0.05) is 32.0 Å². The summed E-state index contributed by atoms with van der Waals surface area (Å²) >= 11 is 0. The van der Waals surface area contributed by atoms with Crippen LogP contribution in [0.4, 0.5) is 5.69 Å². The molecule has 1 atom stereocenters. The third-order valence-electron chi connectivity index (χ3n) is 7.58. The van der Waals surface area contributed by atoms with E-state index in [4.69, 9.17) is 9.47 Å². The van der Waals surface area contributed by atoms with Gasteiger partial charge in [0.1, 0.15) is 6.61 Å². The molecule has 33 heavy (non-hydrogen) atoms. The maximum atomic E-state index is 14.0. The van der Waals surface area contributed by atoms with Crippen molar-refractivity contribution in [2.24, 2.45) is 0 Å². The summed E-state index contributed by atoms with van der Waals surface area (Å²) < 4.78 is 11.8. The van der Waals surface area contributed by atoms with Crippen molar-refractivity contribution < 1.29 is 19.1 Å². The van der Waals surface area contributed by atoms with Crippen molar-refractivity contribution >= 4 is 17.5 Å². The van der Waals surface area contributed by atoms with Gasteiger partial charge in [-0.1, -0.05) is 48.5 Å². The number of nitrogens with zero attached hydrogens (tertiary/aromatic N) is 2. The van der Waals surface area contributed by atoms with Crippen molar-refractivity contribution in [1.29, 1.82) is 0 Å². The number of amides is 2. The molecule has 3 fully saturated rings. The summed E-state index contributed by atoms with van der Waals surface area (Å²) in [6.07, 6.45) is 3.87. The molecule has 174 valence electrons. The molecule has 2 amide bonds. The molecule has 0 bridgehead atoms. The van der Waals surface area contributed by atoms with Crippen LogP contribution in [-0.2, 0) is 24.5 Å². The normalized spacial score (nSPS) is 25.6.